The van der Waals surface area contributed by atoms with Gasteiger partial charge in [-0.1, -0.05) is 6.07 Å². The molecule has 1 aromatic heterocycles. The Balaban J connectivity index is 1.88. The van der Waals surface area contributed by atoms with E-state index in [-0.39, 0.29) is 10.8 Å². The number of nitrogens with one attached hydrogen (secondary N) is 2. The third kappa shape index (κ3) is 3.16. The molecule has 0 spiro atoms. The molecule has 1 saturated carbocycles. The predicted octanol–water partition coefficient (Wildman–Crippen LogP) is 2.29. The summed E-state index contributed by atoms with van der Waals surface area (Å²) in [5.41, 5.74) is 1.89. The van der Waals surface area contributed by atoms with E-state index in [0.717, 1.165) is 18.4 Å². The summed E-state index contributed by atoms with van der Waals surface area (Å²) < 4.78 is 28.0. The first-order valence-electron chi connectivity index (χ1n) is 7.45. The van der Waals surface area contributed by atoms with Gasteiger partial charge in [0.05, 0.1) is 4.90 Å². The summed E-state index contributed by atoms with van der Waals surface area (Å²) in [5.74, 6) is -0.232. The number of carbonyl (C=O) groups is 1. The van der Waals surface area contributed by atoms with E-state index >= 15 is 0 Å². The van der Waals surface area contributed by atoms with E-state index in [1.807, 2.05) is 23.8 Å². The topological polar surface area (TPSA) is 80.2 Å². The Morgan fingerprint density at radius 3 is 2.65 bits per heavy atom. The number of aromatic nitrogens is 1. The summed E-state index contributed by atoms with van der Waals surface area (Å²) in [7, 11) is -2.19. The summed E-state index contributed by atoms with van der Waals surface area (Å²) in [6, 6.07) is 8.70. The molecule has 1 fully saturated rings. The van der Waals surface area contributed by atoms with Crippen molar-refractivity contribution in [1.29, 1.82) is 0 Å². The molecule has 0 radical (unpaired) electrons. The molecule has 0 saturated heterocycles. The van der Waals surface area contributed by atoms with Crippen molar-refractivity contribution in [2.45, 2.75) is 30.7 Å². The van der Waals surface area contributed by atoms with Gasteiger partial charge in [-0.2, -0.15) is 0 Å². The SMILES string of the molecule is CNS(=O)(=O)c1ccc(C)c(NC(=O)c2cccn2C2CC2)c1. The Bertz CT molecular complexity index is 851. The third-order valence-electron chi connectivity index (χ3n) is 3.99. The zero-order valence-electron chi connectivity index (χ0n) is 13.0. The van der Waals surface area contributed by atoms with E-state index < -0.39 is 10.0 Å². The predicted molar refractivity (Wildman–Crippen MR) is 88.1 cm³/mol. The lowest BCUT2D eigenvalue weighted by Gasteiger charge is -2.12. The van der Waals surface area contributed by atoms with Crippen molar-refractivity contribution in [2.75, 3.05) is 12.4 Å². The summed E-state index contributed by atoms with van der Waals surface area (Å²) in [4.78, 5) is 12.6. The third-order valence-corrected chi connectivity index (χ3v) is 5.40. The van der Waals surface area contributed by atoms with E-state index in [9.17, 15) is 13.2 Å². The molecule has 0 atom stereocenters. The first-order valence-corrected chi connectivity index (χ1v) is 8.93. The molecule has 6 nitrogen and oxygen atoms in total. The summed E-state index contributed by atoms with van der Waals surface area (Å²) in [6.07, 6.45) is 4.08. The van der Waals surface area contributed by atoms with Crippen LogP contribution in [0.4, 0.5) is 5.69 Å². The van der Waals surface area contributed by atoms with E-state index in [4.69, 9.17) is 0 Å². The Labute approximate surface area is 135 Å². The van der Waals surface area contributed by atoms with E-state index in [0.29, 0.717) is 17.4 Å². The molecule has 1 aliphatic carbocycles. The number of aryl methyl sites for hydroxylation is 1. The number of benzene rings is 1. The molecule has 1 aromatic carbocycles. The minimum absolute atomic E-state index is 0.124. The lowest BCUT2D eigenvalue weighted by Crippen LogP contribution is -2.20. The van der Waals surface area contributed by atoms with Crippen molar-refractivity contribution in [2.24, 2.45) is 0 Å². The van der Waals surface area contributed by atoms with Crippen molar-refractivity contribution < 1.29 is 13.2 Å². The monoisotopic (exact) mass is 333 g/mol. The second-order valence-electron chi connectivity index (χ2n) is 5.67. The number of hydrogen-bond acceptors (Lipinski definition) is 3. The molecule has 0 bridgehead atoms. The molecule has 2 N–H and O–H groups in total. The van der Waals surface area contributed by atoms with Crippen LogP contribution in [0.5, 0.6) is 0 Å². The maximum Gasteiger partial charge on any atom is 0.272 e. The number of nitrogens with zero attached hydrogens (tertiary/aromatic N) is 1. The largest absolute Gasteiger partial charge is 0.340 e. The zero-order chi connectivity index (χ0) is 16.6. The average molecular weight is 333 g/mol. The number of carbonyl (C=O) groups excluding carboxylic acids is 1. The Morgan fingerprint density at radius 2 is 2.00 bits per heavy atom. The quantitative estimate of drug-likeness (QED) is 0.881. The Hall–Kier alpha value is -2.12. The average Bonchev–Trinajstić information content (AvgIpc) is 3.26. The van der Waals surface area contributed by atoms with Gasteiger partial charge in [0.15, 0.2) is 0 Å². The second kappa shape index (κ2) is 5.82. The highest BCUT2D eigenvalue weighted by molar-refractivity contribution is 7.89. The summed E-state index contributed by atoms with van der Waals surface area (Å²) >= 11 is 0. The Morgan fingerprint density at radius 1 is 1.26 bits per heavy atom. The van der Waals surface area contributed by atoms with Crippen LogP contribution < -0.4 is 10.0 Å². The summed E-state index contributed by atoms with van der Waals surface area (Å²) in [5, 5.41) is 2.82. The van der Waals surface area contributed by atoms with Crippen LogP contribution in [0.3, 0.4) is 0 Å². The molecular formula is C16H19N3O3S. The normalized spacial score (nSPS) is 14.7. The fraction of sp³-hybridized carbons (Fsp3) is 0.312. The van der Waals surface area contributed by atoms with Crippen molar-refractivity contribution in [1.82, 2.24) is 9.29 Å². The lowest BCUT2D eigenvalue weighted by atomic mass is 10.2. The van der Waals surface area contributed by atoms with Gasteiger partial charge in [-0.15, -0.1) is 0 Å². The van der Waals surface area contributed by atoms with Crippen LogP contribution in [0, 0.1) is 6.92 Å². The fourth-order valence-electron chi connectivity index (χ4n) is 2.46. The highest BCUT2D eigenvalue weighted by Gasteiger charge is 2.27. The number of anilines is 1. The molecule has 122 valence electrons. The number of rotatable bonds is 5. The van der Waals surface area contributed by atoms with Crippen LogP contribution in [0.1, 0.15) is 34.9 Å². The van der Waals surface area contributed by atoms with Crippen LogP contribution in [-0.4, -0.2) is 25.9 Å². The Kier molecular flexibility index (Phi) is 3.99. The standard InChI is InChI=1S/C16H19N3O3S/c1-11-5-8-13(23(21,22)17-2)10-14(11)18-16(20)15-4-3-9-19(15)12-6-7-12/h3-5,8-10,12,17H,6-7H2,1-2H3,(H,18,20). The smallest absolute Gasteiger partial charge is 0.272 e. The van der Waals surface area contributed by atoms with Crippen LogP contribution in [0.15, 0.2) is 41.4 Å². The molecule has 1 heterocycles. The van der Waals surface area contributed by atoms with Crippen molar-refractivity contribution >= 4 is 21.6 Å². The number of hydrogen-bond donors (Lipinski definition) is 2. The highest BCUT2D eigenvalue weighted by Crippen LogP contribution is 2.36. The van der Waals surface area contributed by atoms with E-state index in [1.54, 1.807) is 12.1 Å². The van der Waals surface area contributed by atoms with Gasteiger partial charge in [0, 0.05) is 17.9 Å². The van der Waals surface area contributed by atoms with E-state index in [2.05, 4.69) is 10.0 Å². The van der Waals surface area contributed by atoms with Crippen molar-refractivity contribution in [3.8, 4) is 0 Å². The molecule has 0 unspecified atom stereocenters. The van der Waals surface area contributed by atoms with Gasteiger partial charge in [0.2, 0.25) is 10.0 Å². The van der Waals surface area contributed by atoms with Crippen LogP contribution in [0.25, 0.3) is 0 Å². The maximum atomic E-state index is 12.5. The highest BCUT2D eigenvalue weighted by atomic mass is 32.2. The molecule has 23 heavy (non-hydrogen) atoms. The molecular weight excluding hydrogens is 314 g/mol. The number of sulfonamides is 1. The minimum atomic E-state index is -3.55. The molecule has 0 aliphatic heterocycles. The van der Waals surface area contributed by atoms with Gasteiger partial charge in [0.1, 0.15) is 5.69 Å². The fourth-order valence-corrected chi connectivity index (χ4v) is 3.22. The van der Waals surface area contributed by atoms with Crippen LogP contribution in [-0.2, 0) is 10.0 Å². The molecule has 1 amide bonds. The van der Waals surface area contributed by atoms with Crippen molar-refractivity contribution in [3.05, 3.63) is 47.8 Å². The van der Waals surface area contributed by atoms with Gasteiger partial charge >= 0.3 is 0 Å². The van der Waals surface area contributed by atoms with Gasteiger partial charge in [-0.3, -0.25) is 4.79 Å². The van der Waals surface area contributed by atoms with Gasteiger partial charge in [0.25, 0.3) is 5.91 Å². The first-order chi connectivity index (χ1) is 10.9. The first kappa shape index (κ1) is 15.8. The molecule has 1 aliphatic rings. The number of amides is 1. The summed E-state index contributed by atoms with van der Waals surface area (Å²) in [6.45, 7) is 1.82. The zero-order valence-corrected chi connectivity index (χ0v) is 13.9. The van der Waals surface area contributed by atoms with Crippen LogP contribution >= 0.6 is 0 Å². The minimum Gasteiger partial charge on any atom is -0.340 e. The van der Waals surface area contributed by atoms with Crippen molar-refractivity contribution in [3.63, 3.8) is 0 Å². The lowest BCUT2D eigenvalue weighted by molar-refractivity contribution is 0.101. The molecule has 7 heteroatoms. The molecule has 3 rings (SSSR count). The van der Waals surface area contributed by atoms with Gasteiger partial charge in [-0.05, 0) is 56.6 Å². The van der Waals surface area contributed by atoms with E-state index in [1.165, 1.54) is 19.2 Å². The maximum absolute atomic E-state index is 12.5. The van der Waals surface area contributed by atoms with Crippen LogP contribution in [0.2, 0.25) is 0 Å². The molecule has 2 aromatic rings. The van der Waals surface area contributed by atoms with Gasteiger partial charge < -0.3 is 9.88 Å². The second-order valence-corrected chi connectivity index (χ2v) is 7.56. The van der Waals surface area contributed by atoms with Gasteiger partial charge in [-0.25, -0.2) is 13.1 Å².